The van der Waals surface area contributed by atoms with Crippen molar-refractivity contribution < 1.29 is 14.3 Å². The number of hydrogen-bond donors (Lipinski definition) is 2. The second-order valence-corrected chi connectivity index (χ2v) is 7.51. The maximum Gasteiger partial charge on any atom is 0.276 e. The fraction of sp³-hybridized carbons (Fsp3) is 0.273. The fourth-order valence-electron chi connectivity index (χ4n) is 4.20. The minimum Gasteiger partial charge on any atom is -0.484 e. The summed E-state index contributed by atoms with van der Waals surface area (Å²) >= 11 is 0. The molecule has 5 rings (SSSR count). The van der Waals surface area contributed by atoms with Crippen molar-refractivity contribution in [1.82, 2.24) is 20.8 Å². The van der Waals surface area contributed by atoms with Crippen LogP contribution in [0, 0.1) is 0 Å². The number of amides is 2. The lowest BCUT2D eigenvalue weighted by atomic mass is 10.00. The van der Waals surface area contributed by atoms with E-state index in [0.717, 1.165) is 23.3 Å². The molecule has 0 aliphatic heterocycles. The largest absolute Gasteiger partial charge is 0.484 e. The minimum atomic E-state index is -0.448. The van der Waals surface area contributed by atoms with Crippen LogP contribution in [0.1, 0.15) is 52.8 Å². The molecule has 2 aliphatic carbocycles. The minimum absolute atomic E-state index is 0.192. The van der Waals surface area contributed by atoms with Crippen molar-refractivity contribution in [3.8, 4) is 5.75 Å². The van der Waals surface area contributed by atoms with E-state index < -0.39 is 11.8 Å². The molecule has 0 saturated heterocycles. The zero-order valence-corrected chi connectivity index (χ0v) is 15.7. The highest BCUT2D eigenvalue weighted by Gasteiger charge is 2.39. The number of nitrogens with one attached hydrogen (secondary N) is 2. The Balaban J connectivity index is 1.23. The summed E-state index contributed by atoms with van der Waals surface area (Å²) in [6, 6.07) is 14.2. The Morgan fingerprint density at radius 1 is 0.931 bits per heavy atom. The van der Waals surface area contributed by atoms with Crippen molar-refractivity contribution in [2.24, 2.45) is 0 Å². The van der Waals surface area contributed by atoms with E-state index in [-0.39, 0.29) is 6.61 Å². The van der Waals surface area contributed by atoms with Crippen LogP contribution in [0.25, 0.3) is 11.0 Å². The third kappa shape index (κ3) is 3.40. The van der Waals surface area contributed by atoms with Crippen molar-refractivity contribution in [1.29, 1.82) is 0 Å². The molecule has 1 heterocycles. The molecule has 2 unspecified atom stereocenters. The molecule has 2 aromatic carbocycles. The van der Waals surface area contributed by atoms with E-state index >= 15 is 0 Å². The van der Waals surface area contributed by atoms with Crippen LogP contribution < -0.4 is 15.6 Å². The second kappa shape index (κ2) is 7.16. The Kier molecular flexibility index (Phi) is 4.35. The van der Waals surface area contributed by atoms with Gasteiger partial charge in [0.05, 0.1) is 22.4 Å². The van der Waals surface area contributed by atoms with Gasteiger partial charge in [0, 0.05) is 17.4 Å². The zero-order valence-electron chi connectivity index (χ0n) is 15.7. The number of hydrazine groups is 1. The average molecular weight is 388 g/mol. The third-order valence-corrected chi connectivity index (χ3v) is 5.62. The van der Waals surface area contributed by atoms with Crippen LogP contribution in [0.5, 0.6) is 5.75 Å². The van der Waals surface area contributed by atoms with Gasteiger partial charge in [-0.3, -0.25) is 20.4 Å². The number of rotatable bonds is 4. The molecule has 7 nitrogen and oxygen atoms in total. The Morgan fingerprint density at radius 2 is 1.66 bits per heavy atom. The monoisotopic (exact) mass is 388 g/mol. The smallest absolute Gasteiger partial charge is 0.276 e. The van der Waals surface area contributed by atoms with Gasteiger partial charge in [-0.2, -0.15) is 0 Å². The first-order valence-electron chi connectivity index (χ1n) is 9.76. The van der Waals surface area contributed by atoms with Crippen LogP contribution in [0.4, 0.5) is 0 Å². The standard InChI is InChI=1S/C22H20N4O3/c27-19(12-29-16-4-2-1-3-5-16)25-26-22(28)15-8-9-17-18(11-15)24-21-14-7-6-13(10-14)20(21)23-17/h1-5,8-9,11,13-14H,6-7,10,12H2,(H,25,27)(H,26,28). The molecule has 1 aromatic heterocycles. The Hall–Kier alpha value is -3.48. The van der Waals surface area contributed by atoms with E-state index in [4.69, 9.17) is 14.7 Å². The summed E-state index contributed by atoms with van der Waals surface area (Å²) in [5.41, 5.74) is 8.93. The molecule has 0 spiro atoms. The van der Waals surface area contributed by atoms with E-state index in [1.807, 2.05) is 24.3 Å². The van der Waals surface area contributed by atoms with Gasteiger partial charge in [-0.15, -0.1) is 0 Å². The number of aromatic nitrogens is 2. The highest BCUT2D eigenvalue weighted by Crippen LogP contribution is 2.51. The molecule has 2 bridgehead atoms. The maximum absolute atomic E-state index is 12.4. The molecule has 1 saturated carbocycles. The van der Waals surface area contributed by atoms with Crippen molar-refractivity contribution in [3.63, 3.8) is 0 Å². The highest BCUT2D eigenvalue weighted by atomic mass is 16.5. The number of carbonyl (C=O) groups excluding carboxylic acids is 2. The molecule has 7 heteroatoms. The molecule has 29 heavy (non-hydrogen) atoms. The maximum atomic E-state index is 12.4. The number of carbonyl (C=O) groups is 2. The predicted octanol–water partition coefficient (Wildman–Crippen LogP) is 2.83. The predicted molar refractivity (Wildman–Crippen MR) is 106 cm³/mol. The lowest BCUT2D eigenvalue weighted by molar-refractivity contribution is -0.123. The number of hydrogen-bond acceptors (Lipinski definition) is 5. The quantitative estimate of drug-likeness (QED) is 0.671. The summed E-state index contributed by atoms with van der Waals surface area (Å²) in [4.78, 5) is 33.9. The molecule has 146 valence electrons. The van der Waals surface area contributed by atoms with Crippen LogP contribution in [0.3, 0.4) is 0 Å². The second-order valence-electron chi connectivity index (χ2n) is 7.51. The normalized spacial score (nSPS) is 19.0. The Bertz CT molecular complexity index is 1100. The molecule has 3 aromatic rings. The van der Waals surface area contributed by atoms with E-state index in [0.29, 0.717) is 28.7 Å². The lowest BCUT2D eigenvalue weighted by Gasteiger charge is -2.14. The summed E-state index contributed by atoms with van der Waals surface area (Å²) in [6.45, 7) is -0.192. The molecular formula is C22H20N4O3. The van der Waals surface area contributed by atoms with Crippen LogP contribution >= 0.6 is 0 Å². The highest BCUT2D eigenvalue weighted by molar-refractivity contribution is 5.98. The van der Waals surface area contributed by atoms with Crippen molar-refractivity contribution in [2.75, 3.05) is 6.61 Å². The van der Waals surface area contributed by atoms with E-state index in [1.165, 1.54) is 12.8 Å². The van der Waals surface area contributed by atoms with Gasteiger partial charge in [0.25, 0.3) is 11.8 Å². The zero-order chi connectivity index (χ0) is 19.8. The van der Waals surface area contributed by atoms with Crippen molar-refractivity contribution >= 4 is 22.8 Å². The van der Waals surface area contributed by atoms with E-state index in [1.54, 1.807) is 24.3 Å². The van der Waals surface area contributed by atoms with E-state index in [2.05, 4.69) is 10.9 Å². The Labute approximate surface area is 167 Å². The van der Waals surface area contributed by atoms with Gasteiger partial charge >= 0.3 is 0 Å². The molecule has 0 radical (unpaired) electrons. The first kappa shape index (κ1) is 17.6. The number of para-hydroxylation sites is 1. The van der Waals surface area contributed by atoms with Gasteiger partial charge in [0.15, 0.2) is 6.61 Å². The van der Waals surface area contributed by atoms with Gasteiger partial charge in [-0.25, -0.2) is 9.97 Å². The lowest BCUT2D eigenvalue weighted by Crippen LogP contribution is -2.43. The summed E-state index contributed by atoms with van der Waals surface area (Å²) < 4.78 is 5.35. The van der Waals surface area contributed by atoms with Crippen molar-refractivity contribution in [2.45, 2.75) is 31.1 Å². The van der Waals surface area contributed by atoms with Gasteiger partial charge in [0.2, 0.25) is 0 Å². The van der Waals surface area contributed by atoms with E-state index in [9.17, 15) is 9.59 Å². The topological polar surface area (TPSA) is 93.2 Å². The van der Waals surface area contributed by atoms with Gasteiger partial charge in [0.1, 0.15) is 5.75 Å². The molecule has 1 fully saturated rings. The van der Waals surface area contributed by atoms with Gasteiger partial charge in [-0.1, -0.05) is 18.2 Å². The van der Waals surface area contributed by atoms with Gasteiger partial charge < -0.3 is 4.74 Å². The summed E-state index contributed by atoms with van der Waals surface area (Å²) in [6.07, 6.45) is 3.53. The molecule has 2 N–H and O–H groups in total. The first-order valence-corrected chi connectivity index (χ1v) is 9.76. The number of nitrogens with zero attached hydrogens (tertiary/aromatic N) is 2. The Morgan fingerprint density at radius 3 is 2.41 bits per heavy atom. The summed E-state index contributed by atoms with van der Waals surface area (Å²) in [5.74, 6) is 0.778. The van der Waals surface area contributed by atoms with Crippen LogP contribution in [0.2, 0.25) is 0 Å². The van der Waals surface area contributed by atoms with Gasteiger partial charge in [-0.05, 0) is 49.6 Å². The van der Waals surface area contributed by atoms with Crippen LogP contribution in [0.15, 0.2) is 48.5 Å². The third-order valence-electron chi connectivity index (χ3n) is 5.62. The fourth-order valence-corrected chi connectivity index (χ4v) is 4.20. The van der Waals surface area contributed by atoms with Crippen LogP contribution in [-0.2, 0) is 4.79 Å². The van der Waals surface area contributed by atoms with Crippen molar-refractivity contribution in [3.05, 3.63) is 65.5 Å². The first-order chi connectivity index (χ1) is 14.2. The average Bonchev–Trinajstić information content (AvgIpc) is 3.37. The summed E-state index contributed by atoms with van der Waals surface area (Å²) in [7, 11) is 0. The SMILES string of the molecule is O=C(COc1ccccc1)NNC(=O)c1ccc2nc3c(nc2c1)C1CCC3C1. The molecular weight excluding hydrogens is 368 g/mol. The van der Waals surface area contributed by atoms with Crippen LogP contribution in [-0.4, -0.2) is 28.4 Å². The summed E-state index contributed by atoms with van der Waals surface area (Å²) in [5, 5.41) is 0. The number of benzene rings is 2. The molecule has 2 atom stereocenters. The molecule has 2 aliphatic rings. The number of fused-ring (bicyclic) bond motifs is 6. The molecule has 2 amide bonds. The number of ether oxygens (including phenoxy) is 1.